The Morgan fingerprint density at radius 3 is 2.60 bits per heavy atom. The van der Waals surface area contributed by atoms with Crippen LogP contribution in [0.25, 0.3) is 0 Å². The van der Waals surface area contributed by atoms with E-state index in [9.17, 15) is 29.4 Å². The predicted octanol–water partition coefficient (Wildman–Crippen LogP) is -1.23. The first kappa shape index (κ1) is 25.9. The summed E-state index contributed by atoms with van der Waals surface area (Å²) >= 11 is 1.43. The van der Waals surface area contributed by atoms with Gasteiger partial charge in [0.25, 0.3) is 5.91 Å². The van der Waals surface area contributed by atoms with Crippen LogP contribution in [0.2, 0.25) is 0 Å². The Balaban J connectivity index is 1.39. The van der Waals surface area contributed by atoms with E-state index in [1.807, 2.05) is 25.9 Å². The van der Waals surface area contributed by atoms with Crippen molar-refractivity contribution in [3.8, 4) is 0 Å². The van der Waals surface area contributed by atoms with Gasteiger partial charge < -0.3 is 35.5 Å². The average molecular weight is 511 g/mol. The van der Waals surface area contributed by atoms with Gasteiger partial charge in [0.15, 0.2) is 6.54 Å². The van der Waals surface area contributed by atoms with Gasteiger partial charge in [0.2, 0.25) is 11.8 Å². The summed E-state index contributed by atoms with van der Waals surface area (Å²) in [5.41, 5.74) is 5.40. The van der Waals surface area contributed by atoms with E-state index >= 15 is 0 Å². The molecule has 7 atom stereocenters. The number of hydrogen-bond donors (Lipinski definition) is 4. The van der Waals surface area contributed by atoms with E-state index < -0.39 is 18.0 Å². The van der Waals surface area contributed by atoms with Crippen molar-refractivity contribution in [3.63, 3.8) is 0 Å². The predicted molar refractivity (Wildman–Crippen MR) is 129 cm³/mol. The number of likely N-dealkylation sites (N-methyl/N-ethyl adjacent to an activating group) is 1. The number of carbonyl (C=O) groups is 4. The fourth-order valence-electron chi connectivity index (χ4n) is 6.10. The lowest BCUT2D eigenvalue weighted by Gasteiger charge is -2.46. The van der Waals surface area contributed by atoms with E-state index in [-0.39, 0.29) is 59.3 Å². The standard InChI is InChI=1S/C23H35N5O6S/c1-11-18-17(12(2)29)22(32)27(18)19(23(33)34)20(11)35-14-7-15(25-8-14)21(31)26-6-5-13(9-26)28(3,4)10-16(24)30/h11-15,17-18,25,29H,5-10H2,1-4H3,(H2-,24,30,33,34)/p+1/t11-,12?,13+,14+,15+,17-,18-/m1/s1. The van der Waals surface area contributed by atoms with Gasteiger partial charge in [-0.1, -0.05) is 6.92 Å². The molecule has 12 heteroatoms. The normalized spacial score (nSPS) is 33.7. The molecule has 11 nitrogen and oxygen atoms in total. The van der Waals surface area contributed by atoms with Gasteiger partial charge in [0.1, 0.15) is 11.7 Å². The van der Waals surface area contributed by atoms with E-state index in [0.717, 1.165) is 6.42 Å². The molecule has 0 aliphatic carbocycles. The Labute approximate surface area is 209 Å². The minimum atomic E-state index is -1.14. The fourth-order valence-corrected chi connectivity index (χ4v) is 7.58. The van der Waals surface area contributed by atoms with Crippen LogP contribution in [0.5, 0.6) is 0 Å². The van der Waals surface area contributed by atoms with Crippen molar-refractivity contribution in [3.05, 3.63) is 10.6 Å². The van der Waals surface area contributed by atoms with E-state index in [4.69, 9.17) is 5.73 Å². The van der Waals surface area contributed by atoms with Gasteiger partial charge >= 0.3 is 5.97 Å². The summed E-state index contributed by atoms with van der Waals surface area (Å²) in [7, 11) is 3.91. The monoisotopic (exact) mass is 510 g/mol. The van der Waals surface area contributed by atoms with Crippen LogP contribution >= 0.6 is 11.8 Å². The summed E-state index contributed by atoms with van der Waals surface area (Å²) in [6, 6.07) is -0.552. The lowest BCUT2D eigenvalue weighted by Crippen LogP contribution is -2.63. The number of nitrogens with zero attached hydrogens (tertiary/aromatic N) is 3. The Morgan fingerprint density at radius 2 is 2.00 bits per heavy atom. The molecule has 3 fully saturated rings. The smallest absolute Gasteiger partial charge is 0.353 e. The van der Waals surface area contributed by atoms with Crippen LogP contribution < -0.4 is 11.1 Å². The van der Waals surface area contributed by atoms with Crippen molar-refractivity contribution in [2.75, 3.05) is 40.3 Å². The minimum Gasteiger partial charge on any atom is -0.477 e. The summed E-state index contributed by atoms with van der Waals surface area (Å²) in [5, 5.41) is 23.1. The summed E-state index contributed by atoms with van der Waals surface area (Å²) in [4.78, 5) is 53.0. The number of likely N-dealkylation sites (tertiary alicyclic amines) is 1. The largest absolute Gasteiger partial charge is 0.477 e. The highest BCUT2D eigenvalue weighted by Crippen LogP contribution is 2.51. The number of quaternary nitrogens is 1. The molecule has 0 aromatic heterocycles. The number of carboxylic acid groups (broad SMARTS) is 1. The molecule has 4 aliphatic rings. The summed E-state index contributed by atoms with van der Waals surface area (Å²) in [5.74, 6) is -2.60. The number of primary amides is 1. The van der Waals surface area contributed by atoms with Gasteiger partial charge in [-0.15, -0.1) is 11.8 Å². The number of fused-ring (bicyclic) bond motifs is 1. The lowest BCUT2D eigenvalue weighted by atomic mass is 9.79. The molecular weight excluding hydrogens is 474 g/mol. The zero-order valence-electron chi connectivity index (χ0n) is 20.6. The third kappa shape index (κ3) is 4.56. The summed E-state index contributed by atoms with van der Waals surface area (Å²) < 4.78 is 0.448. The molecule has 0 spiro atoms. The molecule has 3 amide bonds. The molecule has 5 N–H and O–H groups in total. The maximum absolute atomic E-state index is 13.2. The maximum atomic E-state index is 13.2. The maximum Gasteiger partial charge on any atom is 0.353 e. The van der Waals surface area contributed by atoms with Gasteiger partial charge in [-0.05, 0) is 13.3 Å². The van der Waals surface area contributed by atoms with Crippen molar-refractivity contribution in [1.29, 1.82) is 0 Å². The summed E-state index contributed by atoms with van der Waals surface area (Å²) in [6.07, 6.45) is 0.529. The Bertz CT molecular complexity index is 968. The SMILES string of the molecule is CC(O)[C@H]1C(=O)N2C(C(=O)O)=C(S[C@@H]3CN[C@H](C(=O)N4CC[C@H]([N+](C)(C)CC(N)=O)C4)C3)[C@H](C)[C@H]12. The van der Waals surface area contributed by atoms with Crippen LogP contribution in [0.1, 0.15) is 26.7 Å². The highest BCUT2D eigenvalue weighted by molar-refractivity contribution is 8.03. The first-order valence-corrected chi connectivity index (χ1v) is 13.0. The average Bonchev–Trinajstić information content (AvgIpc) is 3.46. The van der Waals surface area contributed by atoms with Crippen molar-refractivity contribution >= 4 is 35.5 Å². The second-order valence-corrected chi connectivity index (χ2v) is 12.2. The van der Waals surface area contributed by atoms with E-state index in [1.54, 1.807) is 6.92 Å². The Hall–Kier alpha value is -2.15. The summed E-state index contributed by atoms with van der Waals surface area (Å²) in [6.45, 7) is 5.45. The minimum absolute atomic E-state index is 0.00460. The number of nitrogens with two attached hydrogens (primary N) is 1. The fraction of sp³-hybridized carbons (Fsp3) is 0.739. The van der Waals surface area contributed by atoms with Gasteiger partial charge in [-0.2, -0.15) is 0 Å². The number of carboxylic acids is 1. The van der Waals surface area contributed by atoms with Crippen LogP contribution in [0, 0.1) is 11.8 Å². The molecule has 1 unspecified atom stereocenters. The number of carbonyl (C=O) groups excluding carboxylic acids is 3. The van der Waals surface area contributed by atoms with Gasteiger partial charge in [0, 0.05) is 35.6 Å². The van der Waals surface area contributed by atoms with Crippen LogP contribution in [-0.2, 0) is 19.2 Å². The van der Waals surface area contributed by atoms with E-state index in [1.165, 1.54) is 16.7 Å². The van der Waals surface area contributed by atoms with Crippen molar-refractivity contribution < 1.29 is 33.9 Å². The lowest BCUT2D eigenvalue weighted by molar-refractivity contribution is -0.905. The molecule has 3 saturated heterocycles. The number of aliphatic hydroxyl groups excluding tert-OH is 1. The van der Waals surface area contributed by atoms with E-state index in [0.29, 0.717) is 35.4 Å². The highest BCUT2D eigenvalue weighted by atomic mass is 32.2. The third-order valence-electron chi connectivity index (χ3n) is 8.02. The molecule has 0 aromatic rings. The molecule has 35 heavy (non-hydrogen) atoms. The Morgan fingerprint density at radius 1 is 1.31 bits per heavy atom. The molecule has 4 rings (SSSR count). The zero-order valence-corrected chi connectivity index (χ0v) is 21.5. The molecule has 194 valence electrons. The number of aliphatic carboxylic acids is 1. The second-order valence-electron chi connectivity index (χ2n) is 10.8. The molecule has 4 heterocycles. The number of β-lactam (4-membered cyclic amide) rings is 1. The number of thioether (sulfide) groups is 1. The van der Waals surface area contributed by atoms with Crippen molar-refractivity contribution in [1.82, 2.24) is 15.1 Å². The third-order valence-corrected chi connectivity index (χ3v) is 9.53. The number of hydrogen-bond acceptors (Lipinski definition) is 7. The van der Waals surface area contributed by atoms with Crippen molar-refractivity contribution in [2.45, 2.75) is 56.2 Å². The van der Waals surface area contributed by atoms with Crippen LogP contribution in [0.4, 0.5) is 0 Å². The van der Waals surface area contributed by atoms with Gasteiger partial charge in [0.05, 0.1) is 44.7 Å². The van der Waals surface area contributed by atoms with E-state index in [2.05, 4.69) is 5.32 Å². The molecular formula is C23H36N5O6S+. The first-order chi connectivity index (χ1) is 16.3. The van der Waals surface area contributed by atoms with Crippen LogP contribution in [-0.4, -0.2) is 118 Å². The zero-order chi connectivity index (χ0) is 25.8. The number of aliphatic hydroxyl groups is 1. The molecule has 4 aliphatic heterocycles. The number of amides is 3. The Kier molecular flexibility index (Phi) is 6.95. The quantitative estimate of drug-likeness (QED) is 0.234. The van der Waals surface area contributed by atoms with Crippen LogP contribution in [0.3, 0.4) is 0 Å². The molecule has 0 radical (unpaired) electrons. The van der Waals surface area contributed by atoms with Crippen molar-refractivity contribution in [2.24, 2.45) is 17.6 Å². The van der Waals surface area contributed by atoms with Gasteiger partial charge in [-0.3, -0.25) is 14.4 Å². The van der Waals surface area contributed by atoms with Crippen LogP contribution in [0.15, 0.2) is 10.6 Å². The number of rotatable bonds is 8. The molecule has 0 saturated carbocycles. The first-order valence-electron chi connectivity index (χ1n) is 12.1. The second kappa shape index (κ2) is 9.38. The van der Waals surface area contributed by atoms with Gasteiger partial charge in [-0.25, -0.2) is 4.79 Å². The molecule has 0 aromatic carbocycles. The number of nitrogens with one attached hydrogen (secondary N) is 1. The topological polar surface area (TPSA) is 153 Å². The highest BCUT2D eigenvalue weighted by Gasteiger charge is 2.60. The molecule has 0 bridgehead atoms.